The minimum absolute atomic E-state index is 0.0331. The number of benzene rings is 2. The monoisotopic (exact) mass is 687 g/mol. The van der Waals surface area contributed by atoms with Gasteiger partial charge >= 0.3 is 0 Å². The van der Waals surface area contributed by atoms with Gasteiger partial charge in [-0.2, -0.15) is 0 Å². The van der Waals surface area contributed by atoms with Gasteiger partial charge in [-0.1, -0.05) is 30.3 Å². The maximum atomic E-state index is 15.3. The molecule has 0 atom stereocenters. The summed E-state index contributed by atoms with van der Waals surface area (Å²) in [6, 6.07) is 20.5. The second-order valence-corrected chi connectivity index (χ2v) is 13.1. The van der Waals surface area contributed by atoms with E-state index in [2.05, 4.69) is 36.5 Å². The number of pyridine rings is 3. The number of anilines is 1. The average Bonchev–Trinajstić information content (AvgIpc) is 3.17. The van der Waals surface area contributed by atoms with Gasteiger partial charge in [0.25, 0.3) is 11.8 Å². The molecule has 2 amide bonds. The number of nitrogens with zero attached hydrogens (tertiary/aromatic N) is 5. The van der Waals surface area contributed by atoms with Crippen LogP contribution in [0.5, 0.6) is 0 Å². The Morgan fingerprint density at radius 3 is 2.02 bits per heavy atom. The summed E-state index contributed by atoms with van der Waals surface area (Å²) in [5.41, 5.74) is 3.55. The first-order valence-electron chi connectivity index (χ1n) is 17.3. The number of hydrogen-bond acceptors (Lipinski definition) is 7. The number of aromatic nitrogens is 3. The van der Waals surface area contributed by atoms with E-state index >= 15 is 4.39 Å². The van der Waals surface area contributed by atoms with Gasteiger partial charge in [0, 0.05) is 104 Å². The Balaban J connectivity index is 0.856. The van der Waals surface area contributed by atoms with Crippen LogP contribution < -0.4 is 15.5 Å². The number of likely N-dealkylation sites (tertiary alicyclic amines) is 1. The van der Waals surface area contributed by atoms with E-state index in [-0.39, 0.29) is 29.4 Å². The Labute approximate surface area is 295 Å². The molecule has 0 saturated carbocycles. The summed E-state index contributed by atoms with van der Waals surface area (Å²) in [4.78, 5) is 43.5. The van der Waals surface area contributed by atoms with Gasteiger partial charge < -0.3 is 15.5 Å². The van der Waals surface area contributed by atoms with E-state index in [1.807, 2.05) is 12.3 Å². The van der Waals surface area contributed by atoms with E-state index in [0.29, 0.717) is 27.8 Å². The van der Waals surface area contributed by atoms with Crippen molar-refractivity contribution in [1.29, 1.82) is 0 Å². The number of piperidine rings is 2. The van der Waals surface area contributed by atoms with Gasteiger partial charge in [0.1, 0.15) is 17.5 Å². The van der Waals surface area contributed by atoms with E-state index in [0.717, 1.165) is 69.8 Å². The molecule has 2 aliphatic heterocycles. The van der Waals surface area contributed by atoms with Gasteiger partial charge in [0.15, 0.2) is 0 Å². The van der Waals surface area contributed by atoms with Crippen LogP contribution in [0, 0.1) is 11.6 Å². The summed E-state index contributed by atoms with van der Waals surface area (Å²) in [5.74, 6) is -0.648. The lowest BCUT2D eigenvalue weighted by Gasteiger charge is -2.34. The molecule has 5 aromatic rings. The number of rotatable bonds is 9. The summed E-state index contributed by atoms with van der Waals surface area (Å²) in [6.07, 6.45) is 11.5. The zero-order chi connectivity index (χ0) is 35.2. The third kappa shape index (κ3) is 8.10. The van der Waals surface area contributed by atoms with Gasteiger partial charge in [-0.05, 0) is 73.7 Å². The number of nitrogens with one attached hydrogen (secondary N) is 2. The van der Waals surface area contributed by atoms with Gasteiger partial charge in [0.2, 0.25) is 0 Å². The Kier molecular flexibility index (Phi) is 10.3. The summed E-state index contributed by atoms with van der Waals surface area (Å²) < 4.78 is 29.8. The summed E-state index contributed by atoms with van der Waals surface area (Å²) >= 11 is 0. The quantitative estimate of drug-likeness (QED) is 0.188. The molecule has 51 heavy (non-hydrogen) atoms. The highest BCUT2D eigenvalue weighted by atomic mass is 19.1. The minimum Gasteiger partial charge on any atom is -0.356 e. The van der Waals surface area contributed by atoms with Crippen LogP contribution in [0.15, 0.2) is 104 Å². The highest BCUT2D eigenvalue weighted by Gasteiger charge is 2.25. The van der Waals surface area contributed by atoms with Crippen molar-refractivity contribution in [3.63, 3.8) is 0 Å². The molecule has 2 aromatic carbocycles. The number of hydrogen-bond donors (Lipinski definition) is 2. The fourth-order valence-electron chi connectivity index (χ4n) is 6.84. The molecule has 2 aliphatic rings. The largest absolute Gasteiger partial charge is 0.356 e. The predicted octanol–water partition coefficient (Wildman–Crippen LogP) is 6.28. The van der Waals surface area contributed by atoms with E-state index in [1.54, 1.807) is 67.3 Å². The Bertz CT molecular complexity index is 1960. The molecule has 7 rings (SSSR count). The molecule has 9 nitrogen and oxygen atoms in total. The molecule has 260 valence electrons. The van der Waals surface area contributed by atoms with Crippen LogP contribution in [0.2, 0.25) is 0 Å². The van der Waals surface area contributed by atoms with Crippen molar-refractivity contribution < 1.29 is 18.4 Å². The zero-order valence-corrected chi connectivity index (χ0v) is 28.1. The Hall–Kier alpha value is -5.55. The molecule has 3 aromatic heterocycles. The molecular weight excluding hydrogens is 648 g/mol. The highest BCUT2D eigenvalue weighted by molar-refractivity contribution is 5.96. The summed E-state index contributed by atoms with van der Waals surface area (Å²) in [6.45, 7) is 3.92. The van der Waals surface area contributed by atoms with Gasteiger partial charge in [-0.15, -0.1) is 0 Å². The van der Waals surface area contributed by atoms with E-state index in [4.69, 9.17) is 4.98 Å². The van der Waals surface area contributed by atoms with Crippen LogP contribution in [-0.4, -0.2) is 69.9 Å². The van der Waals surface area contributed by atoms with Gasteiger partial charge in [-0.3, -0.25) is 24.5 Å². The van der Waals surface area contributed by atoms with Crippen molar-refractivity contribution in [2.45, 2.75) is 44.3 Å². The van der Waals surface area contributed by atoms with Crippen molar-refractivity contribution in [1.82, 2.24) is 30.5 Å². The molecule has 11 heteroatoms. The second kappa shape index (κ2) is 15.6. The zero-order valence-electron chi connectivity index (χ0n) is 28.1. The fraction of sp³-hybridized carbons (Fsp3) is 0.275. The van der Waals surface area contributed by atoms with E-state index < -0.39 is 11.7 Å². The molecule has 5 heterocycles. The van der Waals surface area contributed by atoms with E-state index in [1.165, 1.54) is 18.2 Å². The minimum atomic E-state index is -0.543. The maximum absolute atomic E-state index is 15.3. The molecule has 0 spiro atoms. The molecule has 2 N–H and O–H groups in total. The standard InChI is InChI=1S/C40H39F2N7O2/c41-36-10-9-28(22-35(36)30-5-3-17-44-25-30)39(50)46-31-12-18-48(19-13-31)26-27-8-11-37(45-23-27)49-20-14-32(15-21-49)47-40(51)34-7-1-6-33(38(34)42)29-4-2-16-43-24-29/h1-11,16-17,22-25,31-32H,12-15,18-21,26H2,(H,46,50)(H,47,51). The van der Waals surface area contributed by atoms with Crippen LogP contribution >= 0.6 is 0 Å². The van der Waals surface area contributed by atoms with Crippen LogP contribution in [0.1, 0.15) is 52.0 Å². The lowest BCUT2D eigenvalue weighted by atomic mass is 10.0. The molecule has 2 fully saturated rings. The number of halogens is 2. The molecular formula is C40H39F2N7O2. The average molecular weight is 688 g/mol. The molecule has 0 unspecified atom stereocenters. The van der Waals surface area contributed by atoms with Crippen molar-refractivity contribution in [2.24, 2.45) is 0 Å². The number of carbonyl (C=O) groups is 2. The third-order valence-corrected chi connectivity index (χ3v) is 9.71. The molecule has 0 bridgehead atoms. The van der Waals surface area contributed by atoms with Crippen LogP contribution in [0.3, 0.4) is 0 Å². The SMILES string of the molecule is O=C(NC1CCN(Cc2ccc(N3CCC(NC(=O)c4cccc(-c5cccnc5)c4F)CC3)nc2)CC1)c1ccc(F)c(-c2cccnc2)c1. The predicted molar refractivity (Wildman–Crippen MR) is 192 cm³/mol. The second-order valence-electron chi connectivity index (χ2n) is 13.1. The first kappa shape index (κ1) is 33.9. The van der Waals surface area contributed by atoms with E-state index in [9.17, 15) is 14.0 Å². The first-order chi connectivity index (χ1) is 24.9. The molecule has 2 saturated heterocycles. The fourth-order valence-corrected chi connectivity index (χ4v) is 6.84. The van der Waals surface area contributed by atoms with Crippen LogP contribution in [0.4, 0.5) is 14.6 Å². The lowest BCUT2D eigenvalue weighted by molar-refractivity contribution is 0.0905. The molecule has 0 aliphatic carbocycles. The smallest absolute Gasteiger partial charge is 0.254 e. The lowest BCUT2D eigenvalue weighted by Crippen LogP contribution is -2.45. The van der Waals surface area contributed by atoms with Crippen molar-refractivity contribution in [3.8, 4) is 22.3 Å². The summed E-state index contributed by atoms with van der Waals surface area (Å²) in [7, 11) is 0. The summed E-state index contributed by atoms with van der Waals surface area (Å²) in [5, 5.41) is 6.16. The van der Waals surface area contributed by atoms with Crippen molar-refractivity contribution >= 4 is 17.6 Å². The van der Waals surface area contributed by atoms with Crippen LogP contribution in [-0.2, 0) is 6.54 Å². The first-order valence-corrected chi connectivity index (χ1v) is 17.3. The highest BCUT2D eigenvalue weighted by Crippen LogP contribution is 2.26. The normalized spacial score (nSPS) is 15.8. The molecule has 0 radical (unpaired) electrons. The maximum Gasteiger partial charge on any atom is 0.254 e. The third-order valence-electron chi connectivity index (χ3n) is 9.71. The number of carbonyl (C=O) groups excluding carboxylic acids is 2. The van der Waals surface area contributed by atoms with Crippen molar-refractivity contribution in [2.75, 3.05) is 31.1 Å². The van der Waals surface area contributed by atoms with Crippen LogP contribution in [0.25, 0.3) is 22.3 Å². The van der Waals surface area contributed by atoms with Gasteiger partial charge in [-0.25, -0.2) is 13.8 Å². The van der Waals surface area contributed by atoms with Crippen molar-refractivity contribution in [3.05, 3.63) is 132 Å². The topological polar surface area (TPSA) is 103 Å². The Morgan fingerprint density at radius 2 is 1.37 bits per heavy atom. The number of amides is 2. The van der Waals surface area contributed by atoms with Gasteiger partial charge in [0.05, 0.1) is 5.56 Å². The Morgan fingerprint density at radius 1 is 0.706 bits per heavy atom.